The smallest absolute Gasteiger partial charge is 0.272 e. The van der Waals surface area contributed by atoms with Crippen LogP contribution in [0, 0.1) is 12.7 Å². The van der Waals surface area contributed by atoms with Crippen LogP contribution in [-0.4, -0.2) is 29.5 Å². The van der Waals surface area contributed by atoms with Crippen molar-refractivity contribution in [1.29, 1.82) is 0 Å². The molecule has 1 amide bonds. The van der Waals surface area contributed by atoms with Crippen LogP contribution >= 0.6 is 11.6 Å². The Bertz CT molecular complexity index is 1170. The molecule has 0 fully saturated rings. The van der Waals surface area contributed by atoms with Gasteiger partial charge in [-0.25, -0.2) is 17.5 Å². The Morgan fingerprint density at radius 3 is 2.60 bits per heavy atom. The van der Waals surface area contributed by atoms with Gasteiger partial charge in [-0.3, -0.25) is 9.78 Å². The van der Waals surface area contributed by atoms with E-state index in [4.69, 9.17) is 11.6 Å². The largest absolute Gasteiger partial charge is 0.346 e. The number of carbonyl (C=O) groups is 1. The Labute approximate surface area is 177 Å². The fourth-order valence-corrected chi connectivity index (χ4v) is 3.69. The standard InChI is InChI=1S/C19H17ClFN5O3S/c1-12-6-7-22-9-13(12)10-23-19(27)18-5-2-14(25-26-18)11-24-30(28,29)15-3-4-17(21)16(20)8-15/h2-9,24H,10-11H2,1H3,(H,23,27). The summed E-state index contributed by atoms with van der Waals surface area (Å²) in [5.74, 6) is -1.13. The van der Waals surface area contributed by atoms with Gasteiger partial charge < -0.3 is 5.32 Å². The molecule has 2 aromatic heterocycles. The van der Waals surface area contributed by atoms with Crippen molar-refractivity contribution in [3.63, 3.8) is 0 Å². The van der Waals surface area contributed by atoms with Gasteiger partial charge in [0.2, 0.25) is 10.0 Å². The maximum Gasteiger partial charge on any atom is 0.272 e. The van der Waals surface area contributed by atoms with E-state index in [0.717, 1.165) is 29.3 Å². The van der Waals surface area contributed by atoms with E-state index in [0.29, 0.717) is 12.2 Å². The fraction of sp³-hybridized carbons (Fsp3) is 0.158. The number of rotatable bonds is 7. The van der Waals surface area contributed by atoms with E-state index in [1.165, 1.54) is 12.1 Å². The number of sulfonamides is 1. The minimum atomic E-state index is -3.92. The lowest BCUT2D eigenvalue weighted by atomic mass is 10.1. The molecule has 0 atom stereocenters. The van der Waals surface area contributed by atoms with Crippen LogP contribution in [0.15, 0.2) is 53.7 Å². The third kappa shape index (κ3) is 5.35. The summed E-state index contributed by atoms with van der Waals surface area (Å²) in [5.41, 5.74) is 2.27. The molecular formula is C19H17ClFN5O3S. The Balaban J connectivity index is 1.59. The molecule has 1 aromatic carbocycles. The van der Waals surface area contributed by atoms with Crippen molar-refractivity contribution >= 4 is 27.5 Å². The number of hydrogen-bond acceptors (Lipinski definition) is 6. The van der Waals surface area contributed by atoms with E-state index in [9.17, 15) is 17.6 Å². The monoisotopic (exact) mass is 449 g/mol. The normalized spacial score (nSPS) is 11.3. The summed E-state index contributed by atoms with van der Waals surface area (Å²) in [6.45, 7) is 2.04. The Morgan fingerprint density at radius 1 is 1.13 bits per heavy atom. The van der Waals surface area contributed by atoms with Crippen molar-refractivity contribution < 1.29 is 17.6 Å². The molecule has 0 saturated heterocycles. The highest BCUT2D eigenvalue weighted by atomic mass is 35.5. The van der Waals surface area contributed by atoms with E-state index in [-0.39, 0.29) is 22.2 Å². The lowest BCUT2D eigenvalue weighted by Gasteiger charge is -2.08. The van der Waals surface area contributed by atoms with E-state index in [1.807, 2.05) is 13.0 Å². The summed E-state index contributed by atoms with van der Waals surface area (Å²) in [4.78, 5) is 16.1. The molecule has 0 saturated carbocycles. The molecule has 30 heavy (non-hydrogen) atoms. The summed E-state index contributed by atoms with van der Waals surface area (Å²) in [5, 5.41) is 10.1. The summed E-state index contributed by atoms with van der Waals surface area (Å²) in [7, 11) is -3.92. The van der Waals surface area contributed by atoms with Crippen molar-refractivity contribution in [3.05, 3.63) is 82.1 Å². The number of carbonyl (C=O) groups excluding carboxylic acids is 1. The third-order valence-corrected chi connectivity index (χ3v) is 5.87. The molecule has 2 heterocycles. The molecule has 3 rings (SSSR count). The average molecular weight is 450 g/mol. The number of amides is 1. The Morgan fingerprint density at radius 2 is 1.93 bits per heavy atom. The topological polar surface area (TPSA) is 114 Å². The zero-order chi connectivity index (χ0) is 21.7. The van der Waals surface area contributed by atoms with Gasteiger partial charge in [-0.2, -0.15) is 5.10 Å². The fourth-order valence-electron chi connectivity index (χ4n) is 2.42. The first-order valence-corrected chi connectivity index (χ1v) is 10.6. The van der Waals surface area contributed by atoms with Crippen molar-refractivity contribution in [2.45, 2.75) is 24.9 Å². The van der Waals surface area contributed by atoms with Gasteiger partial charge in [-0.05, 0) is 54.4 Å². The number of aryl methyl sites for hydroxylation is 1. The SMILES string of the molecule is Cc1ccncc1CNC(=O)c1ccc(CNS(=O)(=O)c2ccc(F)c(Cl)c2)nn1. The highest BCUT2D eigenvalue weighted by Crippen LogP contribution is 2.19. The molecular weight excluding hydrogens is 433 g/mol. The van der Waals surface area contributed by atoms with Crippen LogP contribution in [0.4, 0.5) is 4.39 Å². The zero-order valence-electron chi connectivity index (χ0n) is 15.8. The van der Waals surface area contributed by atoms with Gasteiger partial charge in [0, 0.05) is 18.9 Å². The number of hydrogen-bond donors (Lipinski definition) is 2. The van der Waals surface area contributed by atoms with Gasteiger partial charge >= 0.3 is 0 Å². The van der Waals surface area contributed by atoms with E-state index < -0.39 is 21.7 Å². The van der Waals surface area contributed by atoms with Crippen LogP contribution in [0.2, 0.25) is 5.02 Å². The molecule has 0 radical (unpaired) electrons. The Kier molecular flexibility index (Phi) is 6.70. The maximum atomic E-state index is 13.2. The lowest BCUT2D eigenvalue weighted by molar-refractivity contribution is 0.0944. The van der Waals surface area contributed by atoms with Crippen LogP contribution in [-0.2, 0) is 23.1 Å². The second-order valence-electron chi connectivity index (χ2n) is 6.30. The first-order chi connectivity index (χ1) is 14.3. The zero-order valence-corrected chi connectivity index (χ0v) is 17.3. The van der Waals surface area contributed by atoms with Gasteiger partial charge in [-0.15, -0.1) is 5.10 Å². The van der Waals surface area contributed by atoms with Crippen LogP contribution in [0.5, 0.6) is 0 Å². The number of halogens is 2. The summed E-state index contributed by atoms with van der Waals surface area (Å²) >= 11 is 5.63. The average Bonchev–Trinajstić information content (AvgIpc) is 2.74. The Hall–Kier alpha value is -2.95. The minimum absolute atomic E-state index is 0.0912. The first kappa shape index (κ1) is 21.8. The number of benzene rings is 1. The molecule has 0 aliphatic carbocycles. The highest BCUT2D eigenvalue weighted by Gasteiger charge is 2.16. The van der Waals surface area contributed by atoms with Crippen LogP contribution in [0.1, 0.15) is 27.3 Å². The summed E-state index contributed by atoms with van der Waals surface area (Å²) in [6, 6.07) is 7.86. The molecule has 0 aliphatic rings. The van der Waals surface area contributed by atoms with Crippen LogP contribution in [0.25, 0.3) is 0 Å². The van der Waals surface area contributed by atoms with Crippen molar-refractivity contribution in [1.82, 2.24) is 25.2 Å². The molecule has 8 nitrogen and oxygen atoms in total. The minimum Gasteiger partial charge on any atom is -0.346 e. The number of aromatic nitrogens is 3. The van der Waals surface area contributed by atoms with E-state index in [2.05, 4.69) is 25.2 Å². The van der Waals surface area contributed by atoms with Gasteiger partial charge in [0.15, 0.2) is 5.69 Å². The predicted octanol–water partition coefficient (Wildman–Crippen LogP) is 2.38. The van der Waals surface area contributed by atoms with E-state index in [1.54, 1.807) is 12.4 Å². The van der Waals surface area contributed by atoms with Gasteiger partial charge in [-0.1, -0.05) is 11.6 Å². The third-order valence-electron chi connectivity index (χ3n) is 4.18. The lowest BCUT2D eigenvalue weighted by Crippen LogP contribution is -2.26. The predicted molar refractivity (Wildman–Crippen MR) is 108 cm³/mol. The number of nitrogens with zero attached hydrogens (tertiary/aromatic N) is 3. The molecule has 0 spiro atoms. The maximum absolute atomic E-state index is 13.2. The second-order valence-corrected chi connectivity index (χ2v) is 8.47. The second kappa shape index (κ2) is 9.24. The van der Waals surface area contributed by atoms with Crippen molar-refractivity contribution in [2.24, 2.45) is 0 Å². The number of pyridine rings is 1. The van der Waals surface area contributed by atoms with Crippen LogP contribution in [0.3, 0.4) is 0 Å². The van der Waals surface area contributed by atoms with E-state index >= 15 is 0 Å². The molecule has 0 unspecified atom stereocenters. The molecule has 0 aliphatic heterocycles. The number of nitrogens with one attached hydrogen (secondary N) is 2. The molecule has 11 heteroatoms. The highest BCUT2D eigenvalue weighted by molar-refractivity contribution is 7.89. The van der Waals surface area contributed by atoms with Gasteiger partial charge in [0.1, 0.15) is 5.82 Å². The van der Waals surface area contributed by atoms with Gasteiger partial charge in [0.25, 0.3) is 5.91 Å². The summed E-state index contributed by atoms with van der Waals surface area (Å²) in [6.07, 6.45) is 3.34. The quantitative estimate of drug-likeness (QED) is 0.572. The molecule has 156 valence electrons. The van der Waals surface area contributed by atoms with Crippen LogP contribution < -0.4 is 10.0 Å². The molecule has 3 aromatic rings. The molecule has 0 bridgehead atoms. The summed E-state index contributed by atoms with van der Waals surface area (Å²) < 4.78 is 40.1. The first-order valence-electron chi connectivity index (χ1n) is 8.71. The van der Waals surface area contributed by atoms with Crippen molar-refractivity contribution in [2.75, 3.05) is 0 Å². The van der Waals surface area contributed by atoms with Crippen molar-refractivity contribution in [3.8, 4) is 0 Å². The van der Waals surface area contributed by atoms with Gasteiger partial charge in [0.05, 0.1) is 22.2 Å². The molecule has 2 N–H and O–H groups in total.